The number of hydrogen-bond donors (Lipinski definition) is 0. The molecule has 0 fully saturated rings. The number of aromatic nitrogens is 3. The highest BCUT2D eigenvalue weighted by atomic mass is 35.5. The molecule has 6 nitrogen and oxygen atoms in total. The Morgan fingerprint density at radius 3 is 2.40 bits per heavy atom. The van der Waals surface area contributed by atoms with E-state index in [-0.39, 0.29) is 29.8 Å². The molecular weight excluding hydrogens is 245 g/mol. The van der Waals surface area contributed by atoms with E-state index in [4.69, 9.17) is 27.9 Å². The van der Waals surface area contributed by atoms with Crippen molar-refractivity contribution in [2.75, 3.05) is 13.2 Å². The first-order valence-electron chi connectivity index (χ1n) is 3.97. The van der Waals surface area contributed by atoms with Crippen LogP contribution in [-0.2, 0) is 9.53 Å². The zero-order valence-corrected chi connectivity index (χ0v) is 9.25. The third kappa shape index (κ3) is 4.26. The zero-order valence-electron chi connectivity index (χ0n) is 7.74. The van der Waals surface area contributed by atoms with E-state index in [0.717, 1.165) is 0 Å². The normalized spacial score (nSPS) is 9.80. The van der Waals surface area contributed by atoms with Crippen LogP contribution in [0.15, 0.2) is 0 Å². The van der Waals surface area contributed by atoms with Crippen molar-refractivity contribution >= 4 is 29.2 Å². The maximum absolute atomic E-state index is 10.9. The predicted octanol–water partition coefficient (Wildman–Crippen LogP) is 1.12. The van der Waals surface area contributed by atoms with Gasteiger partial charge in [0, 0.05) is 0 Å². The highest BCUT2D eigenvalue weighted by molar-refractivity contribution is 6.31. The Hall–Kier alpha value is -1.14. The van der Waals surface area contributed by atoms with Crippen molar-refractivity contribution < 1.29 is 14.3 Å². The number of ether oxygens (including phenoxy) is 2. The quantitative estimate of drug-likeness (QED) is 0.747. The smallest absolute Gasteiger partial charge is 0.344 e. The molecule has 0 N–H and O–H groups in total. The van der Waals surface area contributed by atoms with Crippen molar-refractivity contribution in [3.8, 4) is 6.01 Å². The lowest BCUT2D eigenvalue weighted by Crippen LogP contribution is -2.15. The number of esters is 1. The van der Waals surface area contributed by atoms with Crippen LogP contribution in [0, 0.1) is 0 Å². The lowest BCUT2D eigenvalue weighted by atomic mass is 10.7. The van der Waals surface area contributed by atoms with Crippen molar-refractivity contribution in [2.24, 2.45) is 0 Å². The van der Waals surface area contributed by atoms with E-state index >= 15 is 0 Å². The molecule has 0 amide bonds. The van der Waals surface area contributed by atoms with Crippen LogP contribution in [0.4, 0.5) is 0 Å². The van der Waals surface area contributed by atoms with Gasteiger partial charge in [0.2, 0.25) is 10.6 Å². The van der Waals surface area contributed by atoms with Gasteiger partial charge in [0.15, 0.2) is 6.61 Å². The van der Waals surface area contributed by atoms with E-state index in [1.807, 2.05) is 0 Å². The summed E-state index contributed by atoms with van der Waals surface area (Å²) in [5.74, 6) is -0.523. The van der Waals surface area contributed by atoms with Gasteiger partial charge < -0.3 is 9.47 Å². The topological polar surface area (TPSA) is 74.2 Å². The third-order valence-corrected chi connectivity index (χ3v) is 1.52. The van der Waals surface area contributed by atoms with E-state index in [1.54, 1.807) is 6.92 Å². The Morgan fingerprint density at radius 2 is 1.87 bits per heavy atom. The standard InChI is InChI=1S/C7H7Cl2N3O3/c1-2-14-4(13)3-15-7-11-5(8)10-6(9)12-7/h2-3H2,1H3. The lowest BCUT2D eigenvalue weighted by Gasteiger charge is -2.03. The minimum Gasteiger partial charge on any atom is -0.463 e. The molecule has 1 aromatic heterocycles. The molecule has 82 valence electrons. The fourth-order valence-corrected chi connectivity index (χ4v) is 1.05. The van der Waals surface area contributed by atoms with Gasteiger partial charge >= 0.3 is 12.0 Å². The molecule has 0 unspecified atom stereocenters. The molecule has 0 aromatic carbocycles. The molecule has 0 radical (unpaired) electrons. The van der Waals surface area contributed by atoms with Crippen LogP contribution in [-0.4, -0.2) is 34.1 Å². The summed E-state index contributed by atoms with van der Waals surface area (Å²) in [5.41, 5.74) is 0. The van der Waals surface area contributed by atoms with Gasteiger partial charge in [-0.05, 0) is 30.1 Å². The minimum absolute atomic E-state index is 0.103. The first-order valence-corrected chi connectivity index (χ1v) is 4.73. The number of nitrogens with zero attached hydrogens (tertiary/aromatic N) is 3. The number of rotatable bonds is 4. The highest BCUT2D eigenvalue weighted by Crippen LogP contribution is 2.10. The molecule has 1 rings (SSSR count). The molecule has 1 heterocycles. The minimum atomic E-state index is -0.523. The van der Waals surface area contributed by atoms with E-state index in [1.165, 1.54) is 0 Å². The molecule has 1 aromatic rings. The SMILES string of the molecule is CCOC(=O)COc1nc(Cl)nc(Cl)n1. The first-order chi connectivity index (χ1) is 7.11. The summed E-state index contributed by atoms with van der Waals surface area (Å²) in [5, 5.41) is -0.206. The van der Waals surface area contributed by atoms with Gasteiger partial charge in [0.05, 0.1) is 6.61 Å². The Balaban J connectivity index is 2.54. The van der Waals surface area contributed by atoms with Gasteiger partial charge in [-0.15, -0.1) is 0 Å². The van der Waals surface area contributed by atoms with E-state index in [2.05, 4.69) is 19.7 Å². The summed E-state index contributed by atoms with van der Waals surface area (Å²) in [7, 11) is 0. The Bertz CT molecular complexity index is 341. The molecule has 0 atom stereocenters. The van der Waals surface area contributed by atoms with Gasteiger partial charge in [-0.2, -0.15) is 15.0 Å². The Labute approximate surface area is 95.5 Å². The fourth-order valence-electron chi connectivity index (χ4n) is 0.700. The first kappa shape index (κ1) is 11.9. The Morgan fingerprint density at radius 1 is 1.27 bits per heavy atom. The van der Waals surface area contributed by atoms with Crippen LogP contribution in [0.2, 0.25) is 10.6 Å². The number of halogens is 2. The van der Waals surface area contributed by atoms with Crippen LogP contribution in [0.3, 0.4) is 0 Å². The molecule has 0 aliphatic rings. The molecule has 0 saturated carbocycles. The number of carbonyl (C=O) groups is 1. The zero-order chi connectivity index (χ0) is 11.3. The molecule has 0 aliphatic carbocycles. The largest absolute Gasteiger partial charge is 0.463 e. The molecular formula is C7H7Cl2N3O3. The van der Waals surface area contributed by atoms with Crippen LogP contribution < -0.4 is 4.74 Å². The van der Waals surface area contributed by atoms with Gasteiger partial charge in [-0.1, -0.05) is 0 Å². The Kier molecular flexibility index (Phi) is 4.51. The van der Waals surface area contributed by atoms with Crippen molar-refractivity contribution in [3.05, 3.63) is 10.6 Å². The summed E-state index contributed by atoms with van der Waals surface area (Å²) in [6.45, 7) is 1.67. The van der Waals surface area contributed by atoms with Gasteiger partial charge in [0.1, 0.15) is 0 Å². The maximum atomic E-state index is 10.9. The summed E-state index contributed by atoms with van der Waals surface area (Å²) in [6, 6.07) is -0.118. The average molecular weight is 252 g/mol. The average Bonchev–Trinajstić information content (AvgIpc) is 2.14. The second kappa shape index (κ2) is 5.67. The summed E-state index contributed by atoms with van der Waals surface area (Å²) in [4.78, 5) is 21.6. The second-order valence-electron chi connectivity index (χ2n) is 2.25. The molecule has 0 saturated heterocycles. The maximum Gasteiger partial charge on any atom is 0.344 e. The number of carbonyl (C=O) groups excluding carboxylic acids is 1. The van der Waals surface area contributed by atoms with Crippen molar-refractivity contribution in [3.63, 3.8) is 0 Å². The fraction of sp³-hybridized carbons (Fsp3) is 0.429. The summed E-state index contributed by atoms with van der Waals surface area (Å²) in [6.07, 6.45) is 0. The van der Waals surface area contributed by atoms with Crippen molar-refractivity contribution in [1.82, 2.24) is 15.0 Å². The summed E-state index contributed by atoms with van der Waals surface area (Å²) >= 11 is 11.0. The third-order valence-electron chi connectivity index (χ3n) is 1.18. The predicted molar refractivity (Wildman–Crippen MR) is 52.0 cm³/mol. The second-order valence-corrected chi connectivity index (χ2v) is 2.93. The van der Waals surface area contributed by atoms with Crippen LogP contribution in [0.25, 0.3) is 0 Å². The van der Waals surface area contributed by atoms with Gasteiger partial charge in [-0.25, -0.2) is 4.79 Å². The van der Waals surface area contributed by atoms with Gasteiger partial charge in [-0.3, -0.25) is 0 Å². The number of hydrogen-bond acceptors (Lipinski definition) is 6. The molecule has 0 bridgehead atoms. The molecule has 0 spiro atoms. The van der Waals surface area contributed by atoms with Gasteiger partial charge in [0.25, 0.3) is 0 Å². The lowest BCUT2D eigenvalue weighted by molar-refractivity contribution is -0.145. The van der Waals surface area contributed by atoms with Crippen molar-refractivity contribution in [1.29, 1.82) is 0 Å². The van der Waals surface area contributed by atoms with Crippen LogP contribution >= 0.6 is 23.2 Å². The van der Waals surface area contributed by atoms with Crippen LogP contribution in [0.1, 0.15) is 6.92 Å². The van der Waals surface area contributed by atoms with E-state index in [9.17, 15) is 4.79 Å². The molecule has 8 heteroatoms. The summed E-state index contributed by atoms with van der Waals surface area (Å²) < 4.78 is 9.50. The van der Waals surface area contributed by atoms with E-state index in [0.29, 0.717) is 0 Å². The monoisotopic (exact) mass is 251 g/mol. The molecule has 0 aliphatic heterocycles. The van der Waals surface area contributed by atoms with Crippen LogP contribution in [0.5, 0.6) is 6.01 Å². The molecule has 15 heavy (non-hydrogen) atoms. The highest BCUT2D eigenvalue weighted by Gasteiger charge is 2.07. The van der Waals surface area contributed by atoms with E-state index < -0.39 is 5.97 Å². The van der Waals surface area contributed by atoms with Crippen molar-refractivity contribution in [2.45, 2.75) is 6.92 Å².